The van der Waals surface area contributed by atoms with Gasteiger partial charge in [-0.25, -0.2) is 4.79 Å². The van der Waals surface area contributed by atoms with Gasteiger partial charge >= 0.3 is 5.97 Å². The fourth-order valence-corrected chi connectivity index (χ4v) is 3.54. The number of esters is 1. The van der Waals surface area contributed by atoms with Gasteiger partial charge in [-0.3, -0.25) is 4.98 Å². The highest BCUT2D eigenvalue weighted by Crippen LogP contribution is 2.23. The lowest BCUT2D eigenvalue weighted by molar-refractivity contribution is -0.139. The van der Waals surface area contributed by atoms with Gasteiger partial charge in [-0.15, -0.1) is 0 Å². The van der Waals surface area contributed by atoms with E-state index in [0.717, 1.165) is 66.0 Å². The number of carbonyl (C=O) groups is 1. The van der Waals surface area contributed by atoms with E-state index in [2.05, 4.69) is 57.7 Å². The summed E-state index contributed by atoms with van der Waals surface area (Å²) in [6.45, 7) is 8.69. The largest absolute Gasteiger partial charge is 0.462 e. The maximum atomic E-state index is 11.4. The van der Waals surface area contributed by atoms with Gasteiger partial charge in [0.1, 0.15) is 0 Å². The molecule has 0 N–H and O–H groups in total. The molecule has 0 aliphatic heterocycles. The number of azo groups is 1. The lowest BCUT2D eigenvalue weighted by Crippen LogP contribution is -2.18. The molecule has 0 spiro atoms. The number of anilines is 1. The SMILES string of the molecule is C=C(C)C(=O)OCCCCCCN(C)c1ccc(N=Nc2ccc(C#Cc3ccncc3)c(C)c2)cc1. The fourth-order valence-electron chi connectivity index (χ4n) is 3.54. The third-order valence-corrected chi connectivity index (χ3v) is 5.77. The van der Waals surface area contributed by atoms with Crippen molar-refractivity contribution in [2.45, 2.75) is 39.5 Å². The van der Waals surface area contributed by atoms with E-state index in [1.165, 1.54) is 0 Å². The molecule has 0 saturated carbocycles. The van der Waals surface area contributed by atoms with Crippen molar-refractivity contribution in [3.05, 3.63) is 95.8 Å². The Balaban J connectivity index is 1.44. The van der Waals surface area contributed by atoms with Crippen molar-refractivity contribution >= 4 is 23.0 Å². The van der Waals surface area contributed by atoms with Gasteiger partial charge in [-0.05, 0) is 93.3 Å². The summed E-state index contributed by atoms with van der Waals surface area (Å²) in [5.74, 6) is 6.06. The highest BCUT2D eigenvalue weighted by molar-refractivity contribution is 5.86. The third kappa shape index (κ3) is 9.38. The second-order valence-electron chi connectivity index (χ2n) is 8.95. The molecule has 1 heterocycles. The maximum Gasteiger partial charge on any atom is 0.333 e. The molecule has 0 unspecified atom stereocenters. The number of benzene rings is 2. The Kier molecular flexibility index (Phi) is 10.6. The lowest BCUT2D eigenvalue weighted by Gasteiger charge is -2.19. The second kappa shape index (κ2) is 14.4. The van der Waals surface area contributed by atoms with Gasteiger partial charge in [0.15, 0.2) is 0 Å². The van der Waals surface area contributed by atoms with Crippen molar-refractivity contribution in [3.8, 4) is 11.8 Å². The molecule has 0 fully saturated rings. The Morgan fingerprint density at radius 1 is 0.946 bits per heavy atom. The van der Waals surface area contributed by atoms with Crippen LogP contribution in [0.25, 0.3) is 0 Å². The highest BCUT2D eigenvalue weighted by atomic mass is 16.5. The summed E-state index contributed by atoms with van der Waals surface area (Å²) < 4.78 is 5.12. The first-order valence-electron chi connectivity index (χ1n) is 12.5. The minimum absolute atomic E-state index is 0.307. The number of ether oxygens (including phenoxy) is 1. The molecular weight excluding hydrogens is 460 g/mol. The Morgan fingerprint density at radius 3 is 2.32 bits per heavy atom. The zero-order valence-electron chi connectivity index (χ0n) is 21.9. The highest BCUT2D eigenvalue weighted by Gasteiger charge is 2.04. The van der Waals surface area contributed by atoms with E-state index in [0.29, 0.717) is 12.2 Å². The first-order chi connectivity index (χ1) is 17.9. The minimum Gasteiger partial charge on any atom is -0.462 e. The van der Waals surface area contributed by atoms with E-state index in [-0.39, 0.29) is 5.97 Å². The predicted octanol–water partition coefficient (Wildman–Crippen LogP) is 7.32. The smallest absolute Gasteiger partial charge is 0.333 e. The number of hydrogen-bond acceptors (Lipinski definition) is 6. The standard InChI is InChI=1S/C31H34N4O2/c1-24(2)31(36)37-22-8-6-5-7-21-35(4)30-15-13-28(14-16-30)33-34-29-12-11-27(25(3)23-29)10-9-26-17-19-32-20-18-26/h11-20,23H,1,5-8,21-22H2,2-4H3. The number of aryl methyl sites for hydroxylation is 1. The molecule has 2 aromatic carbocycles. The first-order valence-corrected chi connectivity index (χ1v) is 12.5. The van der Waals surface area contributed by atoms with E-state index in [1.807, 2.05) is 49.4 Å². The van der Waals surface area contributed by atoms with Crippen molar-refractivity contribution in [3.63, 3.8) is 0 Å². The number of hydrogen-bond donors (Lipinski definition) is 0. The summed E-state index contributed by atoms with van der Waals surface area (Å²) in [4.78, 5) is 17.6. The monoisotopic (exact) mass is 494 g/mol. The molecule has 0 aliphatic carbocycles. The Bertz CT molecular complexity index is 1270. The van der Waals surface area contributed by atoms with Crippen LogP contribution >= 0.6 is 0 Å². The maximum absolute atomic E-state index is 11.4. The summed E-state index contributed by atoms with van der Waals surface area (Å²) in [5, 5.41) is 8.79. The molecule has 3 aromatic rings. The lowest BCUT2D eigenvalue weighted by atomic mass is 10.1. The molecule has 6 nitrogen and oxygen atoms in total. The molecule has 3 rings (SSSR count). The molecule has 37 heavy (non-hydrogen) atoms. The van der Waals surface area contributed by atoms with Crippen LogP contribution in [0.4, 0.5) is 17.1 Å². The van der Waals surface area contributed by atoms with Gasteiger partial charge in [0.05, 0.1) is 18.0 Å². The van der Waals surface area contributed by atoms with E-state index >= 15 is 0 Å². The van der Waals surface area contributed by atoms with Crippen LogP contribution in [0.15, 0.2) is 89.4 Å². The Morgan fingerprint density at radius 2 is 1.62 bits per heavy atom. The number of unbranched alkanes of at least 4 members (excludes halogenated alkanes) is 3. The first kappa shape index (κ1) is 27.3. The van der Waals surface area contributed by atoms with Crippen LogP contribution in [0.2, 0.25) is 0 Å². The summed E-state index contributed by atoms with van der Waals surface area (Å²) >= 11 is 0. The van der Waals surface area contributed by atoms with Gasteiger partial charge in [-0.1, -0.05) is 24.8 Å². The average Bonchev–Trinajstić information content (AvgIpc) is 2.91. The minimum atomic E-state index is -0.307. The van der Waals surface area contributed by atoms with Gasteiger partial charge in [0.2, 0.25) is 0 Å². The Hall–Kier alpha value is -4.24. The molecule has 0 saturated heterocycles. The van der Waals surface area contributed by atoms with Crippen LogP contribution in [-0.4, -0.2) is 31.2 Å². The third-order valence-electron chi connectivity index (χ3n) is 5.77. The second-order valence-corrected chi connectivity index (χ2v) is 8.95. The van der Waals surface area contributed by atoms with Gasteiger partial charge in [0.25, 0.3) is 0 Å². The van der Waals surface area contributed by atoms with Crippen LogP contribution in [0, 0.1) is 18.8 Å². The molecule has 0 amide bonds. The normalized spacial score (nSPS) is 10.6. The van der Waals surface area contributed by atoms with Crippen molar-refractivity contribution < 1.29 is 9.53 Å². The van der Waals surface area contributed by atoms with Crippen molar-refractivity contribution in [1.29, 1.82) is 0 Å². The molecule has 0 bridgehead atoms. The van der Waals surface area contributed by atoms with Crippen molar-refractivity contribution in [2.75, 3.05) is 25.1 Å². The predicted molar refractivity (Wildman–Crippen MR) is 150 cm³/mol. The topological polar surface area (TPSA) is 67.2 Å². The van der Waals surface area contributed by atoms with E-state index < -0.39 is 0 Å². The zero-order chi connectivity index (χ0) is 26.5. The number of pyridine rings is 1. The molecule has 0 aliphatic rings. The number of rotatable bonds is 11. The van der Waals surface area contributed by atoms with Crippen LogP contribution in [0.5, 0.6) is 0 Å². The van der Waals surface area contributed by atoms with Gasteiger partial charge in [0, 0.05) is 48.4 Å². The quantitative estimate of drug-likeness (QED) is 0.0921. The number of aromatic nitrogens is 1. The zero-order valence-corrected chi connectivity index (χ0v) is 21.9. The summed E-state index contributed by atoms with van der Waals surface area (Å²) in [6, 6.07) is 17.8. The van der Waals surface area contributed by atoms with E-state index in [9.17, 15) is 4.79 Å². The summed E-state index contributed by atoms with van der Waals surface area (Å²) in [6.07, 6.45) is 7.56. The average molecular weight is 495 g/mol. The molecule has 6 heteroatoms. The molecular formula is C31H34N4O2. The van der Waals surface area contributed by atoms with E-state index in [4.69, 9.17) is 4.74 Å². The van der Waals surface area contributed by atoms with Crippen molar-refractivity contribution in [1.82, 2.24) is 4.98 Å². The molecule has 190 valence electrons. The van der Waals surface area contributed by atoms with E-state index in [1.54, 1.807) is 19.3 Å². The number of carbonyl (C=O) groups excluding carboxylic acids is 1. The van der Waals surface area contributed by atoms with Crippen LogP contribution < -0.4 is 4.90 Å². The fraction of sp³-hybridized carbons (Fsp3) is 0.290. The van der Waals surface area contributed by atoms with Crippen molar-refractivity contribution in [2.24, 2.45) is 10.2 Å². The van der Waals surface area contributed by atoms with Crippen LogP contribution in [0.1, 0.15) is 49.3 Å². The van der Waals surface area contributed by atoms with Crippen LogP contribution in [0.3, 0.4) is 0 Å². The van der Waals surface area contributed by atoms with Gasteiger partial charge < -0.3 is 9.64 Å². The van der Waals surface area contributed by atoms with Crippen LogP contribution in [-0.2, 0) is 9.53 Å². The molecule has 1 aromatic heterocycles. The Labute approximate surface area is 220 Å². The van der Waals surface area contributed by atoms with Gasteiger partial charge in [-0.2, -0.15) is 10.2 Å². The molecule has 0 radical (unpaired) electrons. The summed E-state index contributed by atoms with van der Waals surface area (Å²) in [5.41, 5.74) is 6.15. The number of nitrogens with zero attached hydrogens (tertiary/aromatic N) is 4. The summed E-state index contributed by atoms with van der Waals surface area (Å²) in [7, 11) is 2.09. The molecule has 0 atom stereocenters.